The summed E-state index contributed by atoms with van der Waals surface area (Å²) in [5.41, 5.74) is 5.21. The Morgan fingerprint density at radius 1 is 1.64 bits per heavy atom. The fourth-order valence-electron chi connectivity index (χ4n) is 0.899. The van der Waals surface area contributed by atoms with Crippen molar-refractivity contribution in [1.29, 1.82) is 0 Å². The number of hydrogen-bond donors (Lipinski definition) is 2. The van der Waals surface area contributed by atoms with Crippen molar-refractivity contribution in [2.45, 2.75) is 25.8 Å². The van der Waals surface area contributed by atoms with Crippen LogP contribution in [0, 0.1) is 0 Å². The molecule has 1 amide bonds. The van der Waals surface area contributed by atoms with Gasteiger partial charge in [-0.05, 0) is 13.3 Å². The second kappa shape index (κ2) is 6.89. The van der Waals surface area contributed by atoms with Crippen molar-refractivity contribution in [2.75, 3.05) is 12.0 Å². The van der Waals surface area contributed by atoms with E-state index in [-0.39, 0.29) is 23.4 Å². The highest BCUT2D eigenvalue weighted by Gasteiger charge is 2.08. The molecule has 0 fully saturated rings. The molecule has 0 saturated carbocycles. The smallest absolute Gasteiger partial charge is 0.227 e. The Labute approximate surface area is 92.1 Å². The maximum Gasteiger partial charge on any atom is 0.227 e. The van der Waals surface area contributed by atoms with E-state index in [1.165, 1.54) is 0 Å². The van der Waals surface area contributed by atoms with Crippen molar-refractivity contribution in [3.63, 3.8) is 0 Å². The third-order valence-corrected chi connectivity index (χ3v) is 2.54. The Morgan fingerprint density at radius 2 is 2.21 bits per heavy atom. The normalized spacial score (nSPS) is 14.4. The van der Waals surface area contributed by atoms with E-state index in [1.54, 1.807) is 6.26 Å². The summed E-state index contributed by atoms with van der Waals surface area (Å²) in [4.78, 5) is 11.3. The topological polar surface area (TPSA) is 72.2 Å². The molecule has 0 heterocycles. The number of amides is 1. The van der Waals surface area contributed by atoms with Crippen LogP contribution in [-0.2, 0) is 15.6 Å². The van der Waals surface area contributed by atoms with Crippen LogP contribution >= 0.6 is 12.2 Å². The van der Waals surface area contributed by atoms with Gasteiger partial charge in [-0.15, -0.1) is 0 Å². The van der Waals surface area contributed by atoms with Crippen molar-refractivity contribution in [3.8, 4) is 0 Å². The molecular weight excluding hydrogens is 220 g/mol. The van der Waals surface area contributed by atoms with Crippen molar-refractivity contribution in [3.05, 3.63) is 0 Å². The summed E-state index contributed by atoms with van der Waals surface area (Å²) < 4.78 is 10.8. The molecule has 82 valence electrons. The van der Waals surface area contributed by atoms with E-state index in [4.69, 9.17) is 5.73 Å². The molecule has 0 aromatic heterocycles. The minimum Gasteiger partial charge on any atom is -0.393 e. The van der Waals surface area contributed by atoms with E-state index in [9.17, 15) is 9.00 Å². The van der Waals surface area contributed by atoms with Gasteiger partial charge in [0.25, 0.3) is 0 Å². The number of thiocarbonyl (C=S) groups is 1. The fourth-order valence-corrected chi connectivity index (χ4v) is 1.72. The molecule has 0 aliphatic carbocycles. The van der Waals surface area contributed by atoms with Gasteiger partial charge in [-0.25, -0.2) is 0 Å². The van der Waals surface area contributed by atoms with Gasteiger partial charge in [-0.2, -0.15) is 0 Å². The van der Waals surface area contributed by atoms with Gasteiger partial charge in [0.1, 0.15) is 0 Å². The van der Waals surface area contributed by atoms with E-state index in [1.807, 2.05) is 6.92 Å². The van der Waals surface area contributed by atoms with Gasteiger partial charge in [0, 0.05) is 28.9 Å². The van der Waals surface area contributed by atoms with E-state index >= 15 is 0 Å². The summed E-state index contributed by atoms with van der Waals surface area (Å²) in [6.45, 7) is 1.87. The highest BCUT2D eigenvalue weighted by molar-refractivity contribution is 7.84. The molecule has 0 radical (unpaired) electrons. The number of rotatable bonds is 6. The lowest BCUT2D eigenvalue weighted by Gasteiger charge is -2.12. The van der Waals surface area contributed by atoms with Crippen LogP contribution in [0.2, 0.25) is 0 Å². The molecule has 0 aliphatic heterocycles. The standard InChI is InChI=1S/C8H16N2O2S2/c1-6(3-4-14(2)12)10-8(11)5-7(9)13/h6H,3-5H2,1-2H3,(H2,9,13)(H,10,11). The number of nitrogens with one attached hydrogen (secondary N) is 1. The van der Waals surface area contributed by atoms with Gasteiger partial charge in [0.2, 0.25) is 5.91 Å². The summed E-state index contributed by atoms with van der Waals surface area (Å²) >= 11 is 4.60. The van der Waals surface area contributed by atoms with E-state index < -0.39 is 10.8 Å². The second-order valence-electron chi connectivity index (χ2n) is 3.18. The average molecular weight is 236 g/mol. The average Bonchev–Trinajstić information content (AvgIpc) is 1.98. The Hall–Kier alpha value is -0.490. The fraction of sp³-hybridized carbons (Fsp3) is 0.750. The van der Waals surface area contributed by atoms with Gasteiger partial charge in [-0.3, -0.25) is 9.00 Å². The maximum atomic E-state index is 11.2. The summed E-state index contributed by atoms with van der Waals surface area (Å²) in [6, 6.07) is 0.0146. The number of hydrogen-bond acceptors (Lipinski definition) is 3. The van der Waals surface area contributed by atoms with Gasteiger partial charge in [-0.1, -0.05) is 12.2 Å². The van der Waals surface area contributed by atoms with Gasteiger partial charge in [0.05, 0.1) is 11.4 Å². The minimum atomic E-state index is -0.813. The van der Waals surface area contributed by atoms with Crippen LogP contribution in [0.25, 0.3) is 0 Å². The largest absolute Gasteiger partial charge is 0.393 e. The van der Waals surface area contributed by atoms with Crippen molar-refractivity contribution >= 4 is 33.9 Å². The molecule has 0 aromatic carbocycles. The third-order valence-electron chi connectivity index (χ3n) is 1.58. The molecule has 0 rings (SSSR count). The zero-order valence-corrected chi connectivity index (χ0v) is 10.0. The molecule has 2 atom stereocenters. The summed E-state index contributed by atoms with van der Waals surface area (Å²) in [6.07, 6.45) is 2.42. The minimum absolute atomic E-state index is 0.0146. The van der Waals surface area contributed by atoms with E-state index in [2.05, 4.69) is 17.5 Å². The Morgan fingerprint density at radius 3 is 2.64 bits per heavy atom. The zero-order chi connectivity index (χ0) is 11.1. The number of carbonyl (C=O) groups is 1. The molecule has 2 unspecified atom stereocenters. The summed E-state index contributed by atoms with van der Waals surface area (Å²) in [7, 11) is -0.813. The SMILES string of the molecule is CC(CCS(C)=O)NC(=O)CC(N)=S. The first-order valence-corrected chi connectivity index (χ1v) is 6.43. The Balaban J connectivity index is 3.71. The highest BCUT2D eigenvalue weighted by atomic mass is 32.2. The molecule has 0 bridgehead atoms. The molecule has 4 nitrogen and oxygen atoms in total. The van der Waals surface area contributed by atoms with Crippen LogP contribution < -0.4 is 11.1 Å². The summed E-state index contributed by atoms with van der Waals surface area (Å²) in [5, 5.41) is 2.73. The lowest BCUT2D eigenvalue weighted by Crippen LogP contribution is -2.35. The third kappa shape index (κ3) is 8.12. The van der Waals surface area contributed by atoms with Crippen molar-refractivity contribution in [1.82, 2.24) is 5.32 Å². The van der Waals surface area contributed by atoms with Gasteiger partial charge >= 0.3 is 0 Å². The summed E-state index contributed by atoms with van der Waals surface area (Å²) in [5.74, 6) is 0.418. The lowest BCUT2D eigenvalue weighted by atomic mass is 10.2. The predicted molar refractivity (Wildman–Crippen MR) is 62.6 cm³/mol. The first kappa shape index (κ1) is 13.5. The van der Waals surface area contributed by atoms with Gasteiger partial charge in [0.15, 0.2) is 0 Å². The molecule has 14 heavy (non-hydrogen) atoms. The number of nitrogens with two attached hydrogens (primary N) is 1. The quantitative estimate of drug-likeness (QED) is 0.634. The molecule has 0 aromatic rings. The molecule has 0 saturated heterocycles. The van der Waals surface area contributed by atoms with Crippen LogP contribution in [0.15, 0.2) is 0 Å². The first-order chi connectivity index (χ1) is 6.41. The highest BCUT2D eigenvalue weighted by Crippen LogP contribution is 1.93. The molecule has 3 N–H and O–H groups in total. The van der Waals surface area contributed by atoms with Crippen LogP contribution in [-0.4, -0.2) is 33.2 Å². The van der Waals surface area contributed by atoms with Crippen LogP contribution in [0.4, 0.5) is 0 Å². The molecular formula is C8H16N2O2S2. The van der Waals surface area contributed by atoms with Crippen molar-refractivity contribution < 1.29 is 9.00 Å². The van der Waals surface area contributed by atoms with Crippen molar-refractivity contribution in [2.24, 2.45) is 5.73 Å². The Bertz CT molecular complexity index is 243. The Kier molecular flexibility index (Phi) is 6.65. The molecule has 0 aliphatic rings. The zero-order valence-electron chi connectivity index (χ0n) is 8.41. The maximum absolute atomic E-state index is 11.2. The monoisotopic (exact) mass is 236 g/mol. The number of carbonyl (C=O) groups excluding carboxylic acids is 1. The van der Waals surface area contributed by atoms with Crippen LogP contribution in [0.1, 0.15) is 19.8 Å². The van der Waals surface area contributed by atoms with Crippen LogP contribution in [0.3, 0.4) is 0 Å². The van der Waals surface area contributed by atoms with Gasteiger partial charge < -0.3 is 11.1 Å². The van der Waals surface area contributed by atoms with Crippen LogP contribution in [0.5, 0.6) is 0 Å². The lowest BCUT2D eigenvalue weighted by molar-refractivity contribution is -0.120. The second-order valence-corrected chi connectivity index (χ2v) is 5.26. The van der Waals surface area contributed by atoms with E-state index in [0.717, 1.165) is 0 Å². The van der Waals surface area contributed by atoms with E-state index in [0.29, 0.717) is 12.2 Å². The first-order valence-electron chi connectivity index (χ1n) is 4.29. The molecule has 6 heteroatoms. The molecule has 0 spiro atoms. The predicted octanol–water partition coefficient (Wildman–Crippen LogP) is -0.0641.